The van der Waals surface area contributed by atoms with Gasteiger partial charge < -0.3 is 14.2 Å². The zero-order valence-corrected chi connectivity index (χ0v) is 49.7. The Kier molecular flexibility index (Phi) is 60.3. The van der Waals surface area contributed by atoms with Crippen LogP contribution in [0.2, 0.25) is 0 Å². The van der Waals surface area contributed by atoms with E-state index in [0.717, 1.165) is 122 Å². The average molecular weight is 1060 g/mol. The van der Waals surface area contributed by atoms with Crippen LogP contribution >= 0.6 is 0 Å². The minimum Gasteiger partial charge on any atom is -0.462 e. The van der Waals surface area contributed by atoms with E-state index in [1.54, 1.807) is 0 Å². The third kappa shape index (κ3) is 60.9. The van der Waals surface area contributed by atoms with Crippen LogP contribution < -0.4 is 0 Å². The lowest BCUT2D eigenvalue weighted by Crippen LogP contribution is -2.30. The first-order valence-corrected chi connectivity index (χ1v) is 31.9. The van der Waals surface area contributed by atoms with Crippen LogP contribution in [0.3, 0.4) is 0 Å². The first-order valence-electron chi connectivity index (χ1n) is 31.9. The number of rotatable bonds is 57. The van der Waals surface area contributed by atoms with E-state index in [1.165, 1.54) is 135 Å². The third-order valence-electron chi connectivity index (χ3n) is 13.5. The van der Waals surface area contributed by atoms with Crippen molar-refractivity contribution < 1.29 is 28.6 Å². The van der Waals surface area contributed by atoms with Crippen LogP contribution in [-0.4, -0.2) is 37.2 Å². The Morgan fingerprint density at radius 2 is 0.513 bits per heavy atom. The van der Waals surface area contributed by atoms with E-state index in [9.17, 15) is 14.4 Å². The van der Waals surface area contributed by atoms with Gasteiger partial charge in [-0.15, -0.1) is 0 Å². The van der Waals surface area contributed by atoms with Crippen molar-refractivity contribution in [1.29, 1.82) is 0 Å². The Morgan fingerprint density at radius 3 is 0.842 bits per heavy atom. The van der Waals surface area contributed by atoms with Gasteiger partial charge in [-0.1, -0.05) is 259 Å². The highest BCUT2D eigenvalue weighted by Gasteiger charge is 2.19. The number of carbonyl (C=O) groups is 3. The highest BCUT2D eigenvalue weighted by atomic mass is 16.6. The van der Waals surface area contributed by atoms with Gasteiger partial charge in [-0.3, -0.25) is 14.4 Å². The molecule has 0 saturated carbocycles. The lowest BCUT2D eigenvalue weighted by atomic mass is 10.1. The summed E-state index contributed by atoms with van der Waals surface area (Å²) in [6, 6.07) is 0. The summed E-state index contributed by atoms with van der Waals surface area (Å²) in [6.45, 7) is 6.49. The molecule has 0 heterocycles. The van der Waals surface area contributed by atoms with E-state index in [0.29, 0.717) is 19.3 Å². The van der Waals surface area contributed by atoms with Gasteiger partial charge in [0.25, 0.3) is 0 Å². The predicted molar refractivity (Wildman–Crippen MR) is 330 cm³/mol. The number of ether oxygens (including phenoxy) is 3. The first kappa shape index (κ1) is 72.1. The molecule has 0 rings (SSSR count). The number of hydrogen-bond acceptors (Lipinski definition) is 6. The maximum absolute atomic E-state index is 12.9. The van der Waals surface area contributed by atoms with Crippen LogP contribution in [0.1, 0.15) is 297 Å². The van der Waals surface area contributed by atoms with Gasteiger partial charge in [0.15, 0.2) is 6.10 Å². The van der Waals surface area contributed by atoms with Gasteiger partial charge in [0.05, 0.1) is 0 Å². The van der Waals surface area contributed by atoms with Crippen LogP contribution in [0.25, 0.3) is 0 Å². The fraction of sp³-hybridized carbons (Fsp3) is 0.700. The molecule has 0 N–H and O–H groups in total. The Bertz CT molecular complexity index is 1540. The second kappa shape index (κ2) is 63.6. The monoisotopic (exact) mass is 1050 g/mol. The second-order valence-electron chi connectivity index (χ2n) is 20.9. The maximum Gasteiger partial charge on any atom is 0.306 e. The fourth-order valence-corrected chi connectivity index (χ4v) is 8.71. The van der Waals surface area contributed by atoms with E-state index in [1.807, 2.05) is 0 Å². The van der Waals surface area contributed by atoms with Crippen molar-refractivity contribution in [2.24, 2.45) is 0 Å². The molecule has 1 atom stereocenters. The summed E-state index contributed by atoms with van der Waals surface area (Å²) < 4.78 is 16.9. The van der Waals surface area contributed by atoms with Crippen LogP contribution in [0.15, 0.2) is 109 Å². The van der Waals surface area contributed by atoms with Crippen molar-refractivity contribution in [3.05, 3.63) is 109 Å². The van der Waals surface area contributed by atoms with Gasteiger partial charge in [-0.05, 0) is 128 Å². The van der Waals surface area contributed by atoms with Crippen molar-refractivity contribution in [3.8, 4) is 0 Å². The highest BCUT2D eigenvalue weighted by molar-refractivity contribution is 5.71. The summed E-state index contributed by atoms with van der Waals surface area (Å²) in [7, 11) is 0. The molecule has 0 aromatic carbocycles. The maximum atomic E-state index is 12.9. The van der Waals surface area contributed by atoms with Gasteiger partial charge in [0.2, 0.25) is 0 Å². The quantitative estimate of drug-likeness (QED) is 0.0261. The van der Waals surface area contributed by atoms with Crippen LogP contribution in [0.4, 0.5) is 0 Å². The molecule has 0 aliphatic rings. The Hall–Kier alpha value is -3.93. The molecule has 1 unspecified atom stereocenters. The number of carbonyl (C=O) groups excluding carboxylic acids is 3. The molecule has 0 fully saturated rings. The molecule has 0 saturated heterocycles. The van der Waals surface area contributed by atoms with Crippen LogP contribution in [0, 0.1) is 0 Å². The molecule has 0 spiro atoms. The Balaban J connectivity index is 4.40. The largest absolute Gasteiger partial charge is 0.462 e. The number of unbranched alkanes of at least 4 members (excludes halogenated alkanes) is 28. The minimum absolute atomic E-state index is 0.0891. The molecule has 0 aromatic rings. The molecular weight excluding hydrogens is 937 g/mol. The van der Waals surface area contributed by atoms with Crippen molar-refractivity contribution in [2.45, 2.75) is 303 Å². The SMILES string of the molecule is CC/C=C\C/C=C\C/C=C\C/C=C\C/C=C\C/C=C\CCCCCCCCC(=O)OCC(COC(=O)CCCCCCC/C=C\CCCCCCC)OC(=O)CCCCCCCCCCC/C=C\C/C=C\CCCCC. The lowest BCUT2D eigenvalue weighted by molar-refractivity contribution is -0.167. The van der Waals surface area contributed by atoms with E-state index in [-0.39, 0.29) is 31.1 Å². The number of hydrogen-bond donors (Lipinski definition) is 0. The third-order valence-corrected chi connectivity index (χ3v) is 13.5. The molecule has 76 heavy (non-hydrogen) atoms. The van der Waals surface area contributed by atoms with Crippen molar-refractivity contribution in [2.75, 3.05) is 13.2 Å². The molecule has 0 aliphatic heterocycles. The normalized spacial score (nSPS) is 12.8. The van der Waals surface area contributed by atoms with Crippen molar-refractivity contribution >= 4 is 17.9 Å². The number of esters is 3. The van der Waals surface area contributed by atoms with E-state index in [4.69, 9.17) is 14.2 Å². The van der Waals surface area contributed by atoms with E-state index < -0.39 is 6.10 Å². The standard InChI is InChI=1S/C70H118O6/c1-4-7-10-13-16-19-22-25-28-30-32-33-34-35-36-37-39-40-42-45-48-51-54-57-60-63-69(72)75-66-67(65-74-68(71)62-59-56-53-50-47-44-27-24-21-18-15-12-9-6-3)76-70(73)64-61-58-55-52-49-46-43-41-38-31-29-26-23-20-17-14-11-8-5-2/h7,10,16-17,19-20,24-29,32-33,35-36,39-40,67H,4-6,8-9,11-15,18,21-23,30-31,34,37-38,41-66H2,1-3H3/b10-7-,19-16-,20-17-,27-24-,28-25-,29-26-,33-32-,36-35-,40-39-. The molecule has 6 nitrogen and oxygen atoms in total. The van der Waals surface area contributed by atoms with E-state index in [2.05, 4.69) is 130 Å². The van der Waals surface area contributed by atoms with Crippen molar-refractivity contribution in [3.63, 3.8) is 0 Å². The van der Waals surface area contributed by atoms with Gasteiger partial charge >= 0.3 is 17.9 Å². The summed E-state index contributed by atoms with van der Waals surface area (Å²) in [5, 5.41) is 0. The number of allylic oxidation sites excluding steroid dienone is 18. The molecule has 0 aromatic heterocycles. The summed E-state index contributed by atoms with van der Waals surface area (Å²) in [5.41, 5.74) is 0. The van der Waals surface area contributed by atoms with Crippen molar-refractivity contribution in [1.82, 2.24) is 0 Å². The smallest absolute Gasteiger partial charge is 0.306 e. The zero-order chi connectivity index (χ0) is 55.0. The Labute approximate surface area is 470 Å². The van der Waals surface area contributed by atoms with Crippen LogP contribution in [-0.2, 0) is 28.6 Å². The van der Waals surface area contributed by atoms with Gasteiger partial charge in [-0.25, -0.2) is 0 Å². The topological polar surface area (TPSA) is 78.9 Å². The molecule has 0 radical (unpaired) electrons. The predicted octanol–water partition coefficient (Wildman–Crippen LogP) is 21.8. The summed E-state index contributed by atoms with van der Waals surface area (Å²) >= 11 is 0. The molecule has 0 bridgehead atoms. The lowest BCUT2D eigenvalue weighted by Gasteiger charge is -2.18. The molecular formula is C70H118O6. The summed E-state index contributed by atoms with van der Waals surface area (Å²) in [6.07, 6.45) is 86.5. The fourth-order valence-electron chi connectivity index (χ4n) is 8.71. The highest BCUT2D eigenvalue weighted by Crippen LogP contribution is 2.15. The van der Waals surface area contributed by atoms with E-state index >= 15 is 0 Å². The second-order valence-corrected chi connectivity index (χ2v) is 20.9. The van der Waals surface area contributed by atoms with Gasteiger partial charge in [-0.2, -0.15) is 0 Å². The van der Waals surface area contributed by atoms with Gasteiger partial charge in [0.1, 0.15) is 13.2 Å². The zero-order valence-electron chi connectivity index (χ0n) is 49.7. The van der Waals surface area contributed by atoms with Crippen LogP contribution in [0.5, 0.6) is 0 Å². The molecule has 434 valence electrons. The molecule has 0 amide bonds. The summed E-state index contributed by atoms with van der Waals surface area (Å²) in [5.74, 6) is -0.909. The molecule has 6 heteroatoms. The molecule has 0 aliphatic carbocycles. The Morgan fingerprint density at radius 1 is 0.276 bits per heavy atom. The van der Waals surface area contributed by atoms with Gasteiger partial charge in [0, 0.05) is 19.3 Å². The summed E-state index contributed by atoms with van der Waals surface area (Å²) in [4.78, 5) is 38.3. The minimum atomic E-state index is -0.793. The average Bonchev–Trinajstić information content (AvgIpc) is 3.42. The first-order chi connectivity index (χ1) is 37.5.